The van der Waals surface area contributed by atoms with Crippen LogP contribution in [0.3, 0.4) is 0 Å². The minimum atomic E-state index is -0.492. The smallest absolute Gasteiger partial charge is 0.373 e. The summed E-state index contributed by atoms with van der Waals surface area (Å²) in [7, 11) is 1.31. The number of carbonyl (C=O) groups is 1. The second kappa shape index (κ2) is 7.24. The summed E-state index contributed by atoms with van der Waals surface area (Å²) in [6, 6.07) is 1.64. The fourth-order valence-corrected chi connectivity index (χ4v) is 1.80. The number of halogens is 1. The number of nitrogens with two attached hydrogens (primary N) is 1. The van der Waals surface area contributed by atoms with Crippen molar-refractivity contribution in [3.05, 3.63) is 23.2 Å². The first kappa shape index (κ1) is 15.9. The summed E-state index contributed by atoms with van der Waals surface area (Å²) in [5, 5.41) is 7.16. The van der Waals surface area contributed by atoms with Gasteiger partial charge < -0.3 is 27.3 Å². The van der Waals surface area contributed by atoms with E-state index in [1.165, 1.54) is 18.9 Å². The number of hydrogen-bond donors (Lipinski definition) is 2. The van der Waals surface area contributed by atoms with Gasteiger partial charge in [0, 0.05) is 17.7 Å². The molecule has 7 heteroatoms. The third-order valence-electron chi connectivity index (χ3n) is 1.99. The monoisotopic (exact) mass is 277 g/mol. The summed E-state index contributed by atoms with van der Waals surface area (Å²) in [6.45, 7) is 1.93. The van der Waals surface area contributed by atoms with Crippen molar-refractivity contribution in [1.82, 2.24) is 0 Å². The number of amidine groups is 1. The van der Waals surface area contributed by atoms with E-state index in [1.807, 2.05) is 6.92 Å². The molecule has 1 aromatic heterocycles. The number of ether oxygens (including phenoxy) is 1. The van der Waals surface area contributed by atoms with Gasteiger partial charge in [-0.15, -0.1) is 0 Å². The Bertz CT molecular complexity index is 406. The maximum atomic E-state index is 11.2. The quantitative estimate of drug-likeness (QED) is 0.408. The molecule has 0 radical (unpaired) electrons. The van der Waals surface area contributed by atoms with E-state index in [0.717, 1.165) is 11.3 Å². The van der Waals surface area contributed by atoms with Crippen LogP contribution >= 0.6 is 11.8 Å². The van der Waals surface area contributed by atoms with Gasteiger partial charge in [-0.3, -0.25) is 5.41 Å². The SMILES string of the molecule is CCc1oc(C(=O)OC)cc1CSC(=N)N.[Cl-]. The molecular weight excluding hydrogens is 264 g/mol. The Balaban J connectivity index is 0.00000256. The van der Waals surface area contributed by atoms with Gasteiger partial charge in [0.2, 0.25) is 5.76 Å². The average Bonchev–Trinajstić information content (AvgIpc) is 2.68. The van der Waals surface area contributed by atoms with Crippen molar-refractivity contribution in [3.63, 3.8) is 0 Å². The Morgan fingerprint density at radius 1 is 1.65 bits per heavy atom. The zero-order valence-corrected chi connectivity index (χ0v) is 11.2. The lowest BCUT2D eigenvalue weighted by Gasteiger charge is -1.97. The van der Waals surface area contributed by atoms with Gasteiger partial charge in [-0.2, -0.15) is 0 Å². The molecule has 0 aliphatic carbocycles. The van der Waals surface area contributed by atoms with Gasteiger partial charge in [0.1, 0.15) is 5.76 Å². The zero-order chi connectivity index (χ0) is 12.1. The van der Waals surface area contributed by atoms with E-state index in [1.54, 1.807) is 6.07 Å². The number of methoxy groups -OCH3 is 1. The lowest BCUT2D eigenvalue weighted by molar-refractivity contribution is -0.0000182. The predicted molar refractivity (Wildman–Crippen MR) is 62.6 cm³/mol. The lowest BCUT2D eigenvalue weighted by atomic mass is 10.2. The molecule has 0 saturated heterocycles. The summed E-state index contributed by atoms with van der Waals surface area (Å²) in [4.78, 5) is 11.2. The second-order valence-corrected chi connectivity index (χ2v) is 4.07. The highest BCUT2D eigenvalue weighted by atomic mass is 35.5. The number of carbonyl (C=O) groups excluding carboxylic acids is 1. The minimum absolute atomic E-state index is 0. The van der Waals surface area contributed by atoms with Crippen LogP contribution in [0, 0.1) is 5.41 Å². The number of furan rings is 1. The Hall–Kier alpha value is -1.14. The van der Waals surface area contributed by atoms with E-state index in [2.05, 4.69) is 4.74 Å². The molecule has 17 heavy (non-hydrogen) atoms. The van der Waals surface area contributed by atoms with Crippen LogP contribution < -0.4 is 18.1 Å². The van der Waals surface area contributed by atoms with E-state index >= 15 is 0 Å². The molecule has 0 fully saturated rings. The maximum Gasteiger partial charge on any atom is 0.373 e. The van der Waals surface area contributed by atoms with Crippen LogP contribution in [0.2, 0.25) is 0 Å². The zero-order valence-electron chi connectivity index (χ0n) is 9.58. The van der Waals surface area contributed by atoms with Crippen molar-refractivity contribution in [2.75, 3.05) is 7.11 Å². The highest BCUT2D eigenvalue weighted by molar-refractivity contribution is 8.13. The van der Waals surface area contributed by atoms with Gasteiger partial charge in [0.15, 0.2) is 5.17 Å². The molecule has 0 amide bonds. The standard InChI is InChI=1S/C10H14N2O3S.ClH/c1-3-7-6(5-16-10(11)12)4-8(15-7)9(13)14-2;/h4H,3,5H2,1-2H3,(H3,11,12);1H/p-1. The number of esters is 1. The average molecular weight is 278 g/mol. The molecule has 5 nitrogen and oxygen atoms in total. The van der Waals surface area contributed by atoms with E-state index in [9.17, 15) is 4.79 Å². The number of aryl methyl sites for hydroxylation is 1. The van der Waals surface area contributed by atoms with Crippen molar-refractivity contribution in [1.29, 1.82) is 5.41 Å². The third kappa shape index (κ3) is 4.32. The molecule has 1 heterocycles. The molecular formula is C10H14ClN2O3S-. The summed E-state index contributed by atoms with van der Waals surface area (Å²) in [5.41, 5.74) is 6.13. The van der Waals surface area contributed by atoms with Gasteiger partial charge in [0.25, 0.3) is 0 Å². The summed E-state index contributed by atoms with van der Waals surface area (Å²) in [5.74, 6) is 0.959. The Labute approximate surface area is 110 Å². The summed E-state index contributed by atoms with van der Waals surface area (Å²) < 4.78 is 9.92. The van der Waals surface area contributed by atoms with Gasteiger partial charge in [-0.25, -0.2) is 4.79 Å². The van der Waals surface area contributed by atoms with Crippen molar-refractivity contribution in [3.8, 4) is 0 Å². The van der Waals surface area contributed by atoms with Crippen molar-refractivity contribution in [2.45, 2.75) is 19.1 Å². The molecule has 0 unspecified atom stereocenters. The van der Waals surface area contributed by atoms with E-state index in [0.29, 0.717) is 12.2 Å². The van der Waals surface area contributed by atoms with Crippen molar-refractivity contribution >= 4 is 22.9 Å². The fourth-order valence-electron chi connectivity index (χ4n) is 1.24. The highest BCUT2D eigenvalue weighted by Gasteiger charge is 2.16. The topological polar surface area (TPSA) is 89.3 Å². The fraction of sp³-hybridized carbons (Fsp3) is 0.400. The summed E-state index contributed by atoms with van der Waals surface area (Å²) in [6.07, 6.45) is 0.685. The number of hydrogen-bond acceptors (Lipinski definition) is 5. The van der Waals surface area contributed by atoms with Gasteiger partial charge >= 0.3 is 5.97 Å². The first-order valence-corrected chi connectivity index (χ1v) is 5.73. The lowest BCUT2D eigenvalue weighted by Crippen LogP contribution is -3.00. The molecule has 0 bridgehead atoms. The van der Waals surface area contributed by atoms with E-state index in [-0.39, 0.29) is 23.3 Å². The third-order valence-corrected chi connectivity index (χ3v) is 2.75. The second-order valence-electron chi connectivity index (χ2n) is 3.06. The molecule has 1 rings (SSSR count). The molecule has 0 spiro atoms. The van der Waals surface area contributed by atoms with Crippen LogP contribution in [0.5, 0.6) is 0 Å². The molecule has 0 atom stereocenters. The van der Waals surface area contributed by atoms with Gasteiger partial charge in [-0.05, 0) is 6.07 Å². The largest absolute Gasteiger partial charge is 1.00 e. The predicted octanol–water partition coefficient (Wildman–Crippen LogP) is -1.24. The Kier molecular flexibility index (Phi) is 6.75. The molecule has 0 aromatic carbocycles. The Morgan fingerprint density at radius 3 is 2.76 bits per heavy atom. The molecule has 0 aliphatic rings. The van der Waals surface area contributed by atoms with Crippen LogP contribution in [0.4, 0.5) is 0 Å². The van der Waals surface area contributed by atoms with Crippen LogP contribution in [0.1, 0.15) is 28.8 Å². The minimum Gasteiger partial charge on any atom is -1.00 e. The molecule has 3 N–H and O–H groups in total. The molecule has 96 valence electrons. The van der Waals surface area contributed by atoms with E-state index in [4.69, 9.17) is 15.6 Å². The van der Waals surface area contributed by atoms with Crippen LogP contribution in [0.15, 0.2) is 10.5 Å². The van der Waals surface area contributed by atoms with E-state index < -0.39 is 5.97 Å². The highest BCUT2D eigenvalue weighted by Crippen LogP contribution is 2.21. The normalized spacial score (nSPS) is 9.53. The maximum absolute atomic E-state index is 11.2. The van der Waals surface area contributed by atoms with Crippen LogP contribution in [-0.4, -0.2) is 18.2 Å². The van der Waals surface area contributed by atoms with Crippen LogP contribution in [0.25, 0.3) is 0 Å². The Morgan fingerprint density at radius 2 is 2.29 bits per heavy atom. The first-order chi connectivity index (χ1) is 7.58. The van der Waals surface area contributed by atoms with Crippen molar-refractivity contribution < 1.29 is 26.4 Å². The molecule has 0 aliphatic heterocycles. The molecule has 0 saturated carbocycles. The van der Waals surface area contributed by atoms with Gasteiger partial charge in [-0.1, -0.05) is 18.7 Å². The summed E-state index contributed by atoms with van der Waals surface area (Å²) >= 11 is 1.20. The number of rotatable bonds is 4. The van der Waals surface area contributed by atoms with Crippen molar-refractivity contribution in [2.24, 2.45) is 5.73 Å². The molecule has 1 aromatic rings. The number of nitrogens with one attached hydrogen (secondary N) is 1. The van der Waals surface area contributed by atoms with Crippen LogP contribution in [-0.2, 0) is 16.9 Å². The number of thioether (sulfide) groups is 1. The van der Waals surface area contributed by atoms with Gasteiger partial charge in [0.05, 0.1) is 7.11 Å². The first-order valence-electron chi connectivity index (χ1n) is 4.75.